The van der Waals surface area contributed by atoms with Crippen molar-refractivity contribution in [3.63, 3.8) is 0 Å². The third kappa shape index (κ3) is 3.49. The Kier molecular flexibility index (Phi) is 4.84. The topological polar surface area (TPSA) is 94.2 Å². The zero-order chi connectivity index (χ0) is 20.5. The molecule has 1 saturated heterocycles. The molecule has 2 aromatic rings. The van der Waals surface area contributed by atoms with Gasteiger partial charge in [-0.15, -0.1) is 0 Å². The first kappa shape index (κ1) is 18.8. The second kappa shape index (κ2) is 7.46. The van der Waals surface area contributed by atoms with Crippen LogP contribution in [0.5, 0.6) is 11.5 Å². The van der Waals surface area contributed by atoms with Gasteiger partial charge >= 0.3 is 5.97 Å². The summed E-state index contributed by atoms with van der Waals surface area (Å²) in [6, 6.07) is 10.2. The first-order chi connectivity index (χ1) is 14.0. The fourth-order valence-electron chi connectivity index (χ4n) is 3.58. The average Bonchev–Trinajstić information content (AvgIpc) is 3.30. The van der Waals surface area contributed by atoms with Crippen LogP contribution in [0.25, 0.3) is 0 Å². The Hall–Kier alpha value is -3.55. The number of carbonyl (C=O) groups excluding carboxylic acids is 3. The van der Waals surface area contributed by atoms with Gasteiger partial charge in [0.15, 0.2) is 0 Å². The first-order valence-corrected chi connectivity index (χ1v) is 9.13. The molecule has 2 aromatic carbocycles. The van der Waals surface area contributed by atoms with E-state index in [1.165, 1.54) is 7.11 Å². The smallest absolute Gasteiger partial charge is 0.338 e. The fourth-order valence-corrected chi connectivity index (χ4v) is 3.58. The third-order valence-corrected chi connectivity index (χ3v) is 5.12. The summed E-state index contributed by atoms with van der Waals surface area (Å²) in [5, 5.41) is 2.83. The highest BCUT2D eigenvalue weighted by Gasteiger charge is 2.36. The molecule has 150 valence electrons. The monoisotopic (exact) mass is 396 g/mol. The predicted molar refractivity (Wildman–Crippen MR) is 104 cm³/mol. The zero-order valence-corrected chi connectivity index (χ0v) is 16.1. The number of nitrogens with one attached hydrogen (secondary N) is 1. The molecule has 1 atom stereocenters. The highest BCUT2D eigenvalue weighted by Crippen LogP contribution is 2.36. The number of anilines is 2. The SMILES string of the molecule is COc1ccc(N2C[C@@H](C(=O)Nc3ccc4c(c3)COC4=O)CC2=O)c(OC)c1. The average molecular weight is 396 g/mol. The molecule has 0 aromatic heterocycles. The van der Waals surface area contributed by atoms with Gasteiger partial charge in [-0.05, 0) is 30.3 Å². The normalized spacial score (nSPS) is 17.7. The van der Waals surface area contributed by atoms with Gasteiger partial charge in [-0.3, -0.25) is 9.59 Å². The number of methoxy groups -OCH3 is 2. The highest BCUT2D eigenvalue weighted by atomic mass is 16.5. The van der Waals surface area contributed by atoms with E-state index in [4.69, 9.17) is 14.2 Å². The van der Waals surface area contributed by atoms with Gasteiger partial charge < -0.3 is 24.4 Å². The molecule has 2 aliphatic rings. The van der Waals surface area contributed by atoms with Crippen molar-refractivity contribution < 1.29 is 28.6 Å². The maximum absolute atomic E-state index is 12.7. The standard InChI is InChI=1S/C21H20N2O6/c1-27-15-4-6-17(18(9-15)28-2)23-10-12(8-19(23)24)20(25)22-14-3-5-16-13(7-14)11-29-21(16)26/h3-7,9,12H,8,10-11H2,1-2H3,(H,22,25)/t12-/m0/s1. The molecule has 0 aliphatic carbocycles. The Morgan fingerprint density at radius 2 is 1.97 bits per heavy atom. The van der Waals surface area contributed by atoms with Crippen LogP contribution in [0.15, 0.2) is 36.4 Å². The molecule has 8 heteroatoms. The maximum Gasteiger partial charge on any atom is 0.338 e. The number of benzene rings is 2. The summed E-state index contributed by atoms with van der Waals surface area (Å²) in [4.78, 5) is 38.4. The Labute approximate surface area is 167 Å². The van der Waals surface area contributed by atoms with Crippen LogP contribution in [-0.2, 0) is 20.9 Å². The molecule has 8 nitrogen and oxygen atoms in total. The van der Waals surface area contributed by atoms with Crippen molar-refractivity contribution >= 4 is 29.2 Å². The minimum Gasteiger partial charge on any atom is -0.497 e. The molecule has 0 radical (unpaired) electrons. The maximum atomic E-state index is 12.7. The minimum atomic E-state index is -0.500. The molecule has 4 rings (SSSR count). The van der Waals surface area contributed by atoms with E-state index in [-0.39, 0.29) is 37.4 Å². The van der Waals surface area contributed by atoms with Crippen LogP contribution in [0, 0.1) is 5.92 Å². The second-order valence-electron chi connectivity index (χ2n) is 6.88. The van der Waals surface area contributed by atoms with Crippen LogP contribution in [0.1, 0.15) is 22.3 Å². The Balaban J connectivity index is 1.48. The van der Waals surface area contributed by atoms with Crippen molar-refractivity contribution in [2.45, 2.75) is 13.0 Å². The van der Waals surface area contributed by atoms with Gasteiger partial charge in [0.05, 0.1) is 31.4 Å². The van der Waals surface area contributed by atoms with Gasteiger partial charge in [0.2, 0.25) is 11.8 Å². The molecule has 29 heavy (non-hydrogen) atoms. The van der Waals surface area contributed by atoms with Crippen LogP contribution >= 0.6 is 0 Å². The summed E-state index contributed by atoms with van der Waals surface area (Å²) in [6.45, 7) is 0.449. The third-order valence-electron chi connectivity index (χ3n) is 5.12. The number of hydrogen-bond donors (Lipinski definition) is 1. The van der Waals surface area contributed by atoms with Crippen LogP contribution in [0.2, 0.25) is 0 Å². The number of rotatable bonds is 5. The largest absolute Gasteiger partial charge is 0.497 e. The molecule has 0 spiro atoms. The van der Waals surface area contributed by atoms with Crippen molar-refractivity contribution in [1.82, 2.24) is 0 Å². The van der Waals surface area contributed by atoms with Crippen LogP contribution in [0.3, 0.4) is 0 Å². The Bertz CT molecular complexity index is 1000. The lowest BCUT2D eigenvalue weighted by atomic mass is 10.1. The van der Waals surface area contributed by atoms with E-state index < -0.39 is 5.92 Å². The van der Waals surface area contributed by atoms with Gasteiger partial charge in [0.1, 0.15) is 18.1 Å². The number of ether oxygens (including phenoxy) is 3. The summed E-state index contributed by atoms with van der Waals surface area (Å²) in [5.74, 6) is -0.142. The van der Waals surface area contributed by atoms with E-state index in [0.717, 1.165) is 5.56 Å². The summed E-state index contributed by atoms with van der Waals surface area (Å²) < 4.78 is 15.5. The predicted octanol–water partition coefficient (Wildman–Crippen LogP) is 2.37. The van der Waals surface area contributed by atoms with E-state index >= 15 is 0 Å². The van der Waals surface area contributed by atoms with Gasteiger partial charge in [0, 0.05) is 30.3 Å². The van der Waals surface area contributed by atoms with Gasteiger partial charge in [-0.25, -0.2) is 4.79 Å². The van der Waals surface area contributed by atoms with Gasteiger partial charge in [0.25, 0.3) is 0 Å². The second-order valence-corrected chi connectivity index (χ2v) is 6.88. The number of nitrogens with zero attached hydrogens (tertiary/aromatic N) is 1. The van der Waals surface area contributed by atoms with Crippen molar-refractivity contribution in [3.05, 3.63) is 47.5 Å². The van der Waals surface area contributed by atoms with Crippen molar-refractivity contribution in [2.75, 3.05) is 31.0 Å². The van der Waals surface area contributed by atoms with Crippen LogP contribution < -0.4 is 19.7 Å². The molecule has 0 saturated carbocycles. The lowest BCUT2D eigenvalue weighted by Gasteiger charge is -2.20. The lowest BCUT2D eigenvalue weighted by Crippen LogP contribution is -2.28. The molecule has 1 N–H and O–H groups in total. The number of cyclic esters (lactones) is 1. The number of amides is 2. The van der Waals surface area contributed by atoms with Crippen molar-refractivity contribution in [3.8, 4) is 11.5 Å². The first-order valence-electron chi connectivity index (χ1n) is 9.13. The van der Waals surface area contributed by atoms with Crippen molar-refractivity contribution in [2.24, 2.45) is 5.92 Å². The van der Waals surface area contributed by atoms with Crippen LogP contribution in [0.4, 0.5) is 11.4 Å². The summed E-state index contributed by atoms with van der Waals surface area (Å²) in [7, 11) is 3.07. The van der Waals surface area contributed by atoms with Crippen LogP contribution in [-0.4, -0.2) is 38.5 Å². The number of esters is 1. The Morgan fingerprint density at radius 1 is 1.14 bits per heavy atom. The molecule has 2 aliphatic heterocycles. The minimum absolute atomic E-state index is 0.105. The lowest BCUT2D eigenvalue weighted by molar-refractivity contribution is -0.122. The fraction of sp³-hybridized carbons (Fsp3) is 0.286. The molecule has 1 fully saturated rings. The number of fused-ring (bicyclic) bond motifs is 1. The Morgan fingerprint density at radius 3 is 2.72 bits per heavy atom. The molecule has 2 heterocycles. The zero-order valence-electron chi connectivity index (χ0n) is 16.1. The molecular formula is C21H20N2O6. The molecular weight excluding hydrogens is 376 g/mol. The number of hydrogen-bond acceptors (Lipinski definition) is 6. The summed E-state index contributed by atoms with van der Waals surface area (Å²) in [5.41, 5.74) is 2.42. The van der Waals surface area contributed by atoms with Gasteiger partial charge in [-0.2, -0.15) is 0 Å². The van der Waals surface area contributed by atoms with E-state index in [1.54, 1.807) is 48.4 Å². The highest BCUT2D eigenvalue weighted by molar-refractivity contribution is 6.04. The van der Waals surface area contributed by atoms with Gasteiger partial charge in [-0.1, -0.05) is 0 Å². The summed E-state index contributed by atoms with van der Waals surface area (Å²) >= 11 is 0. The quantitative estimate of drug-likeness (QED) is 0.780. The van der Waals surface area contributed by atoms with E-state index in [0.29, 0.717) is 28.4 Å². The summed E-state index contributed by atoms with van der Waals surface area (Å²) in [6.07, 6.45) is 0.105. The van der Waals surface area contributed by atoms with Crippen molar-refractivity contribution in [1.29, 1.82) is 0 Å². The van der Waals surface area contributed by atoms with E-state index in [2.05, 4.69) is 5.32 Å². The van der Waals surface area contributed by atoms with E-state index in [9.17, 15) is 14.4 Å². The number of carbonyl (C=O) groups is 3. The molecule has 0 bridgehead atoms. The molecule has 0 unspecified atom stereocenters. The van der Waals surface area contributed by atoms with E-state index in [1.807, 2.05) is 0 Å². The molecule has 2 amide bonds.